The quantitative estimate of drug-likeness (QED) is 0.806. The van der Waals surface area contributed by atoms with Gasteiger partial charge in [-0.3, -0.25) is 4.90 Å². The summed E-state index contributed by atoms with van der Waals surface area (Å²) in [6, 6.07) is 3.30. The fraction of sp³-hybridized carbons (Fsp3) is 0.636. The zero-order chi connectivity index (χ0) is 9.97. The molecule has 0 aliphatic heterocycles. The molecule has 0 bridgehead atoms. The lowest BCUT2D eigenvalue weighted by Crippen LogP contribution is -2.36. The maximum atomic E-state index is 5.85. The van der Waals surface area contributed by atoms with Crippen LogP contribution in [0.3, 0.4) is 0 Å². The van der Waals surface area contributed by atoms with E-state index in [0.29, 0.717) is 0 Å². The maximum Gasteiger partial charge on any atom is 0.0245 e. The minimum Gasteiger partial charge on any atom is -0.327 e. The highest BCUT2D eigenvalue weighted by atomic mass is 32.1. The van der Waals surface area contributed by atoms with Gasteiger partial charge in [-0.05, 0) is 42.2 Å². The Labute approximate surface area is 89.7 Å². The number of hydrogen-bond acceptors (Lipinski definition) is 3. The van der Waals surface area contributed by atoms with Gasteiger partial charge in [-0.2, -0.15) is 11.3 Å². The summed E-state index contributed by atoms with van der Waals surface area (Å²) in [6.07, 6.45) is 2.72. The van der Waals surface area contributed by atoms with E-state index in [-0.39, 0.29) is 6.04 Å². The Morgan fingerprint density at radius 1 is 1.64 bits per heavy atom. The Kier molecular flexibility index (Phi) is 3.21. The van der Waals surface area contributed by atoms with Crippen molar-refractivity contribution in [2.75, 3.05) is 6.54 Å². The van der Waals surface area contributed by atoms with Crippen LogP contribution < -0.4 is 5.73 Å². The molecule has 1 unspecified atom stereocenters. The molecule has 1 aromatic rings. The Bertz CT molecular complexity index is 265. The van der Waals surface area contributed by atoms with Gasteiger partial charge in [-0.15, -0.1) is 0 Å². The van der Waals surface area contributed by atoms with Gasteiger partial charge in [0.25, 0.3) is 0 Å². The van der Waals surface area contributed by atoms with E-state index in [1.54, 1.807) is 11.3 Å². The van der Waals surface area contributed by atoms with Crippen LogP contribution in [0, 0.1) is 0 Å². The fourth-order valence-corrected chi connectivity index (χ4v) is 2.43. The van der Waals surface area contributed by atoms with Gasteiger partial charge in [0, 0.05) is 25.2 Å². The van der Waals surface area contributed by atoms with E-state index in [1.807, 2.05) is 0 Å². The Morgan fingerprint density at radius 2 is 2.43 bits per heavy atom. The van der Waals surface area contributed by atoms with Crippen LogP contribution in [0.1, 0.15) is 25.3 Å². The molecule has 2 N–H and O–H groups in total. The normalized spacial score (nSPS) is 18.8. The molecule has 0 amide bonds. The standard InChI is InChI=1S/C11H18N2S/c1-9(12)6-13(11-2-3-11)7-10-4-5-14-8-10/h4-5,8-9,11H,2-3,6-7,12H2,1H3. The molecule has 1 aliphatic rings. The Balaban J connectivity index is 1.90. The molecule has 3 heteroatoms. The first-order valence-corrected chi connectivity index (χ1v) is 6.20. The second kappa shape index (κ2) is 4.43. The zero-order valence-electron chi connectivity index (χ0n) is 8.65. The molecule has 0 spiro atoms. The lowest BCUT2D eigenvalue weighted by atomic mass is 10.2. The number of nitrogens with two attached hydrogens (primary N) is 1. The second-order valence-corrected chi connectivity index (χ2v) is 5.05. The van der Waals surface area contributed by atoms with Crippen LogP contribution in [0.2, 0.25) is 0 Å². The topological polar surface area (TPSA) is 29.3 Å². The van der Waals surface area contributed by atoms with Crippen molar-refractivity contribution >= 4 is 11.3 Å². The molecule has 0 saturated heterocycles. The van der Waals surface area contributed by atoms with Crippen LogP contribution in [-0.4, -0.2) is 23.5 Å². The molecule has 0 radical (unpaired) electrons. The number of rotatable bonds is 5. The van der Waals surface area contributed by atoms with E-state index in [0.717, 1.165) is 19.1 Å². The van der Waals surface area contributed by atoms with Crippen molar-refractivity contribution in [3.63, 3.8) is 0 Å². The minimum atomic E-state index is 0.286. The van der Waals surface area contributed by atoms with Crippen LogP contribution in [-0.2, 0) is 6.54 Å². The first kappa shape index (κ1) is 10.1. The minimum absolute atomic E-state index is 0.286. The van der Waals surface area contributed by atoms with E-state index < -0.39 is 0 Å². The molecule has 1 aliphatic carbocycles. The van der Waals surface area contributed by atoms with Crippen molar-refractivity contribution in [2.45, 2.75) is 38.4 Å². The molecule has 1 atom stereocenters. The van der Waals surface area contributed by atoms with Gasteiger partial charge < -0.3 is 5.73 Å². The molecule has 1 saturated carbocycles. The SMILES string of the molecule is CC(N)CN(Cc1ccsc1)C1CC1. The summed E-state index contributed by atoms with van der Waals surface area (Å²) in [5.74, 6) is 0. The first-order chi connectivity index (χ1) is 6.75. The predicted molar refractivity (Wildman–Crippen MR) is 61.4 cm³/mol. The van der Waals surface area contributed by atoms with Gasteiger partial charge in [0.2, 0.25) is 0 Å². The number of nitrogens with zero attached hydrogens (tertiary/aromatic N) is 1. The van der Waals surface area contributed by atoms with Gasteiger partial charge in [-0.1, -0.05) is 0 Å². The van der Waals surface area contributed by atoms with E-state index >= 15 is 0 Å². The average Bonchev–Trinajstić information content (AvgIpc) is 2.85. The lowest BCUT2D eigenvalue weighted by Gasteiger charge is -2.23. The number of hydrogen-bond donors (Lipinski definition) is 1. The van der Waals surface area contributed by atoms with Gasteiger partial charge >= 0.3 is 0 Å². The van der Waals surface area contributed by atoms with Gasteiger partial charge in [0.15, 0.2) is 0 Å². The van der Waals surface area contributed by atoms with Crippen LogP contribution in [0.4, 0.5) is 0 Å². The van der Waals surface area contributed by atoms with E-state index in [4.69, 9.17) is 5.73 Å². The van der Waals surface area contributed by atoms with Gasteiger partial charge in [0.05, 0.1) is 0 Å². The molecule has 78 valence electrons. The van der Waals surface area contributed by atoms with Crippen molar-refractivity contribution in [3.8, 4) is 0 Å². The molecule has 14 heavy (non-hydrogen) atoms. The van der Waals surface area contributed by atoms with Crippen molar-refractivity contribution < 1.29 is 0 Å². The maximum absolute atomic E-state index is 5.85. The second-order valence-electron chi connectivity index (χ2n) is 4.27. The van der Waals surface area contributed by atoms with Crippen molar-refractivity contribution in [1.82, 2.24) is 4.90 Å². The fourth-order valence-electron chi connectivity index (χ4n) is 1.77. The summed E-state index contributed by atoms with van der Waals surface area (Å²) in [7, 11) is 0. The zero-order valence-corrected chi connectivity index (χ0v) is 9.46. The largest absolute Gasteiger partial charge is 0.327 e. The highest BCUT2D eigenvalue weighted by molar-refractivity contribution is 7.07. The highest BCUT2D eigenvalue weighted by Crippen LogP contribution is 2.28. The summed E-state index contributed by atoms with van der Waals surface area (Å²) in [5.41, 5.74) is 7.28. The van der Waals surface area contributed by atoms with Crippen LogP contribution in [0.15, 0.2) is 16.8 Å². The predicted octanol–water partition coefficient (Wildman–Crippen LogP) is 2.06. The lowest BCUT2D eigenvalue weighted by molar-refractivity contribution is 0.243. The van der Waals surface area contributed by atoms with Crippen molar-refractivity contribution in [2.24, 2.45) is 5.73 Å². The van der Waals surface area contributed by atoms with Gasteiger partial charge in [-0.25, -0.2) is 0 Å². The molecule has 0 aromatic carbocycles. The van der Waals surface area contributed by atoms with Crippen LogP contribution in [0.25, 0.3) is 0 Å². The molecule has 1 fully saturated rings. The smallest absolute Gasteiger partial charge is 0.0245 e. The summed E-state index contributed by atoms with van der Waals surface area (Å²) >= 11 is 1.77. The molecule has 2 rings (SSSR count). The molecule has 2 nitrogen and oxygen atoms in total. The summed E-state index contributed by atoms with van der Waals surface area (Å²) < 4.78 is 0. The highest BCUT2D eigenvalue weighted by Gasteiger charge is 2.29. The third kappa shape index (κ3) is 2.80. The molecular weight excluding hydrogens is 192 g/mol. The van der Waals surface area contributed by atoms with E-state index in [9.17, 15) is 0 Å². The third-order valence-corrected chi connectivity index (χ3v) is 3.28. The summed E-state index contributed by atoms with van der Waals surface area (Å²) in [5, 5.41) is 4.38. The van der Waals surface area contributed by atoms with E-state index in [1.165, 1.54) is 18.4 Å². The Morgan fingerprint density at radius 3 is 2.93 bits per heavy atom. The third-order valence-electron chi connectivity index (χ3n) is 2.55. The molecule has 1 aromatic heterocycles. The monoisotopic (exact) mass is 210 g/mol. The van der Waals surface area contributed by atoms with E-state index in [2.05, 4.69) is 28.7 Å². The van der Waals surface area contributed by atoms with Crippen molar-refractivity contribution in [3.05, 3.63) is 22.4 Å². The van der Waals surface area contributed by atoms with Crippen LogP contribution in [0.5, 0.6) is 0 Å². The molecular formula is C11H18N2S. The van der Waals surface area contributed by atoms with Crippen molar-refractivity contribution in [1.29, 1.82) is 0 Å². The van der Waals surface area contributed by atoms with Crippen LogP contribution >= 0.6 is 11.3 Å². The van der Waals surface area contributed by atoms with Gasteiger partial charge in [0.1, 0.15) is 0 Å². The Hall–Kier alpha value is -0.380. The summed E-state index contributed by atoms with van der Waals surface area (Å²) in [4.78, 5) is 2.52. The molecule has 1 heterocycles. The summed E-state index contributed by atoms with van der Waals surface area (Å²) in [6.45, 7) is 4.19. The average molecular weight is 210 g/mol. The first-order valence-electron chi connectivity index (χ1n) is 5.26. The number of thiophene rings is 1.